The SMILES string of the molecule is NC(=O)CC[C@H](NC(=O)[C@@H](N)CCC(=O)O)C(=O)N[C@@H](Cc1ccccc1)C(=O)N[C@@H](CO)C(=O)NCC(=O)N[C@@H](Cc1cnc[nH]1)C(=O)O. The van der Waals surface area contributed by atoms with Gasteiger partial charge in [-0.1, -0.05) is 30.3 Å². The second-order valence-electron chi connectivity index (χ2n) is 11.1. The Morgan fingerprint density at radius 1 is 0.760 bits per heavy atom. The molecule has 272 valence electrons. The summed E-state index contributed by atoms with van der Waals surface area (Å²) in [5.74, 6) is -8.02. The molecule has 2 rings (SSSR count). The van der Waals surface area contributed by atoms with E-state index in [0.29, 0.717) is 11.3 Å². The van der Waals surface area contributed by atoms with Crippen molar-refractivity contribution in [2.45, 2.75) is 68.7 Å². The van der Waals surface area contributed by atoms with Gasteiger partial charge in [-0.3, -0.25) is 33.6 Å². The van der Waals surface area contributed by atoms with Crippen molar-refractivity contribution in [2.24, 2.45) is 11.5 Å². The van der Waals surface area contributed by atoms with Crippen LogP contribution in [0.25, 0.3) is 0 Å². The number of aliphatic carboxylic acids is 2. The molecule has 13 N–H and O–H groups in total. The van der Waals surface area contributed by atoms with Crippen molar-refractivity contribution in [3.05, 3.63) is 54.1 Å². The Kier molecular flexibility index (Phi) is 16.5. The molecule has 0 saturated heterocycles. The van der Waals surface area contributed by atoms with Gasteiger partial charge in [-0.05, 0) is 18.4 Å². The summed E-state index contributed by atoms with van der Waals surface area (Å²) in [5.41, 5.74) is 12.0. The lowest BCUT2D eigenvalue weighted by Gasteiger charge is -2.25. The van der Waals surface area contributed by atoms with Crippen LogP contribution in [0, 0.1) is 0 Å². The normalized spacial score (nSPS) is 13.7. The van der Waals surface area contributed by atoms with E-state index in [-0.39, 0.29) is 32.1 Å². The number of carboxylic acids is 2. The number of aromatic amines is 1. The third kappa shape index (κ3) is 14.5. The van der Waals surface area contributed by atoms with Gasteiger partial charge in [0.15, 0.2) is 0 Å². The van der Waals surface area contributed by atoms with Gasteiger partial charge in [-0.15, -0.1) is 0 Å². The molecule has 0 fully saturated rings. The fourth-order valence-corrected chi connectivity index (χ4v) is 4.39. The lowest BCUT2D eigenvalue weighted by atomic mass is 10.0. The minimum absolute atomic E-state index is 0.122. The molecule has 5 atom stereocenters. The Morgan fingerprint density at radius 2 is 1.40 bits per heavy atom. The molecule has 1 aromatic carbocycles. The smallest absolute Gasteiger partial charge is 0.326 e. The number of benzene rings is 1. The molecule has 20 heteroatoms. The predicted octanol–water partition coefficient (Wildman–Crippen LogP) is -4.22. The zero-order chi connectivity index (χ0) is 37.2. The van der Waals surface area contributed by atoms with Crippen molar-refractivity contribution in [3.63, 3.8) is 0 Å². The van der Waals surface area contributed by atoms with Crippen molar-refractivity contribution in [1.29, 1.82) is 0 Å². The number of primary amides is 1. The lowest BCUT2D eigenvalue weighted by Crippen LogP contribution is -2.59. The van der Waals surface area contributed by atoms with Gasteiger partial charge in [0.05, 0.1) is 25.5 Å². The zero-order valence-corrected chi connectivity index (χ0v) is 26.8. The molecular formula is C30H41N9O11. The topological polar surface area (TPSA) is 338 Å². The Balaban J connectivity index is 2.13. The maximum atomic E-state index is 13.4. The second kappa shape index (κ2) is 20.5. The van der Waals surface area contributed by atoms with Crippen LogP contribution in [0.4, 0.5) is 0 Å². The second-order valence-corrected chi connectivity index (χ2v) is 11.1. The van der Waals surface area contributed by atoms with Gasteiger partial charge in [0.1, 0.15) is 24.2 Å². The van der Waals surface area contributed by atoms with E-state index in [4.69, 9.17) is 16.6 Å². The molecule has 20 nitrogen and oxygen atoms in total. The molecule has 2 aromatic rings. The number of H-pyrrole nitrogens is 1. The number of aromatic nitrogens is 2. The number of imidazole rings is 1. The first-order valence-electron chi connectivity index (χ1n) is 15.3. The standard InChI is InChI=1S/C30H41N9O11/c31-18(6-9-25(43)44)26(45)37-19(7-8-23(32)41)28(47)38-20(10-16-4-2-1-3-5-16)29(48)39-22(14-40)27(46)34-13-24(42)36-21(30(49)50)11-17-12-33-15-35-17/h1-5,12,15,18-22,40H,6-11,13-14,31H2,(H2,32,41)(H,33,35)(H,34,46)(H,36,42)(H,37,45)(H,38,47)(H,39,48)(H,43,44)(H,49,50)/t18-,19-,20-,21-,22-/m0/s1. The van der Waals surface area contributed by atoms with Crippen molar-refractivity contribution in [2.75, 3.05) is 13.2 Å². The van der Waals surface area contributed by atoms with E-state index in [9.17, 15) is 48.6 Å². The molecule has 6 amide bonds. The first-order valence-corrected chi connectivity index (χ1v) is 15.3. The Morgan fingerprint density at radius 3 is 1.98 bits per heavy atom. The van der Waals surface area contributed by atoms with Crippen LogP contribution in [0.1, 0.15) is 36.9 Å². The molecule has 1 aromatic heterocycles. The largest absolute Gasteiger partial charge is 0.481 e. The highest BCUT2D eigenvalue weighted by molar-refractivity contribution is 5.96. The Bertz CT molecular complexity index is 1490. The van der Waals surface area contributed by atoms with Gasteiger partial charge in [0.25, 0.3) is 0 Å². The minimum Gasteiger partial charge on any atom is -0.481 e. The Hall–Kier alpha value is -5.89. The summed E-state index contributed by atoms with van der Waals surface area (Å²) in [7, 11) is 0. The van der Waals surface area contributed by atoms with Crippen molar-refractivity contribution in [3.8, 4) is 0 Å². The van der Waals surface area contributed by atoms with Crippen LogP contribution in [0.3, 0.4) is 0 Å². The van der Waals surface area contributed by atoms with Crippen LogP contribution in [0.2, 0.25) is 0 Å². The quantitative estimate of drug-likeness (QED) is 0.0555. The molecular weight excluding hydrogens is 662 g/mol. The van der Waals surface area contributed by atoms with Gasteiger partial charge < -0.3 is 58.4 Å². The number of carbonyl (C=O) groups is 8. The fourth-order valence-electron chi connectivity index (χ4n) is 4.39. The summed E-state index contributed by atoms with van der Waals surface area (Å²) in [5, 5.41) is 39.7. The van der Waals surface area contributed by atoms with E-state index < -0.39 is 97.2 Å². The number of hydrogen-bond acceptors (Lipinski definition) is 11. The molecule has 0 bridgehead atoms. The zero-order valence-electron chi connectivity index (χ0n) is 26.8. The average molecular weight is 704 g/mol. The number of rotatable bonds is 22. The molecule has 0 aliphatic rings. The average Bonchev–Trinajstić information content (AvgIpc) is 3.59. The van der Waals surface area contributed by atoms with Crippen LogP contribution in [0.15, 0.2) is 42.9 Å². The van der Waals surface area contributed by atoms with Gasteiger partial charge >= 0.3 is 11.9 Å². The minimum atomic E-state index is -1.62. The monoisotopic (exact) mass is 703 g/mol. The maximum Gasteiger partial charge on any atom is 0.326 e. The molecule has 50 heavy (non-hydrogen) atoms. The molecule has 0 aliphatic heterocycles. The highest BCUT2D eigenvalue weighted by atomic mass is 16.4. The molecule has 0 spiro atoms. The van der Waals surface area contributed by atoms with Crippen LogP contribution < -0.4 is 38.1 Å². The van der Waals surface area contributed by atoms with Gasteiger partial charge in [-0.2, -0.15) is 0 Å². The first kappa shape index (κ1) is 40.3. The molecule has 0 aliphatic carbocycles. The number of nitrogens with one attached hydrogen (secondary N) is 6. The maximum absolute atomic E-state index is 13.4. The van der Waals surface area contributed by atoms with Crippen LogP contribution in [-0.2, 0) is 51.2 Å². The lowest BCUT2D eigenvalue weighted by molar-refractivity contribution is -0.141. The van der Waals surface area contributed by atoms with E-state index in [1.807, 2.05) is 0 Å². The van der Waals surface area contributed by atoms with Crippen LogP contribution >= 0.6 is 0 Å². The number of carboxylic acid groups (broad SMARTS) is 2. The summed E-state index contributed by atoms with van der Waals surface area (Å²) in [6.07, 6.45) is 1.13. The molecule has 1 heterocycles. The van der Waals surface area contributed by atoms with E-state index in [1.165, 1.54) is 12.5 Å². The van der Waals surface area contributed by atoms with Gasteiger partial charge in [-0.25, -0.2) is 9.78 Å². The number of aliphatic hydroxyl groups excluding tert-OH is 1. The third-order valence-electron chi connectivity index (χ3n) is 7.08. The van der Waals surface area contributed by atoms with E-state index in [2.05, 4.69) is 36.6 Å². The Labute approximate surface area is 285 Å². The summed E-state index contributed by atoms with van der Waals surface area (Å²) in [4.78, 5) is 105. The van der Waals surface area contributed by atoms with Crippen molar-refractivity contribution in [1.82, 2.24) is 36.6 Å². The number of amides is 6. The van der Waals surface area contributed by atoms with Gasteiger partial charge in [0.2, 0.25) is 35.4 Å². The first-order chi connectivity index (χ1) is 23.7. The van der Waals surface area contributed by atoms with E-state index in [0.717, 1.165) is 0 Å². The highest BCUT2D eigenvalue weighted by Crippen LogP contribution is 2.07. The number of carbonyl (C=O) groups excluding carboxylic acids is 6. The number of aliphatic hydroxyl groups is 1. The summed E-state index contributed by atoms with van der Waals surface area (Å²) in [6.45, 7) is -1.65. The number of hydrogen-bond donors (Lipinski definition) is 11. The number of nitrogens with two attached hydrogens (primary N) is 2. The predicted molar refractivity (Wildman–Crippen MR) is 171 cm³/mol. The van der Waals surface area contributed by atoms with Crippen molar-refractivity contribution >= 4 is 47.4 Å². The molecule has 0 unspecified atom stereocenters. The van der Waals surface area contributed by atoms with Crippen LogP contribution in [-0.4, -0.2) is 116 Å². The number of nitrogens with zero attached hydrogens (tertiary/aromatic N) is 1. The summed E-state index contributed by atoms with van der Waals surface area (Å²) < 4.78 is 0. The van der Waals surface area contributed by atoms with Gasteiger partial charge in [0, 0.05) is 37.6 Å². The van der Waals surface area contributed by atoms with Crippen molar-refractivity contribution < 1.29 is 53.7 Å². The summed E-state index contributed by atoms with van der Waals surface area (Å²) >= 11 is 0. The fraction of sp³-hybridized carbons (Fsp3) is 0.433. The van der Waals surface area contributed by atoms with Crippen LogP contribution in [0.5, 0.6) is 0 Å². The third-order valence-corrected chi connectivity index (χ3v) is 7.08. The molecule has 0 saturated carbocycles. The molecule has 0 radical (unpaired) electrons. The van der Waals surface area contributed by atoms with E-state index in [1.54, 1.807) is 30.3 Å². The van der Waals surface area contributed by atoms with E-state index >= 15 is 0 Å². The highest BCUT2D eigenvalue weighted by Gasteiger charge is 2.31. The summed E-state index contributed by atoms with van der Waals surface area (Å²) in [6, 6.07) is 1.19.